The van der Waals surface area contributed by atoms with Gasteiger partial charge < -0.3 is 25.0 Å². The van der Waals surface area contributed by atoms with Crippen LogP contribution in [0.2, 0.25) is 0 Å². The number of carbonyl (C=O) groups is 2. The first-order valence-electron chi connectivity index (χ1n) is 10.2. The number of carbonyl (C=O) groups excluding carboxylic acids is 1. The summed E-state index contributed by atoms with van der Waals surface area (Å²) in [5, 5.41) is 15.7. The fourth-order valence-electron chi connectivity index (χ4n) is 3.12. The van der Waals surface area contributed by atoms with E-state index >= 15 is 0 Å². The molecule has 2 rings (SSSR count). The molecule has 0 bridgehead atoms. The topological polar surface area (TPSA) is 110 Å². The molecule has 0 spiro atoms. The van der Waals surface area contributed by atoms with E-state index in [1.54, 1.807) is 10.6 Å². The van der Waals surface area contributed by atoms with Crippen LogP contribution in [0, 0.1) is 0 Å². The molecule has 2 aromatic rings. The standard InChI is InChI=1S/C22H31N3O5.Na/c1-5-25-14-17(20(27)28)19(26)16-13-15(8-9-18(16)25)7-6-10-23-11-12-24-21(29)30-22(2,3)4;/h8-9,13-14,23H,5-7,10-12H2,1-4H3,(H,24,29)(H,27,28);. The van der Waals surface area contributed by atoms with Crippen molar-refractivity contribution in [3.8, 4) is 0 Å². The van der Waals surface area contributed by atoms with E-state index in [2.05, 4.69) is 10.6 Å². The van der Waals surface area contributed by atoms with Crippen molar-refractivity contribution in [2.24, 2.45) is 0 Å². The summed E-state index contributed by atoms with van der Waals surface area (Å²) in [7, 11) is 0. The minimum atomic E-state index is -1.21. The second kappa shape index (κ2) is 12.2. The molecule has 1 radical (unpaired) electrons. The number of nitrogens with one attached hydrogen (secondary N) is 2. The molecule has 1 aromatic heterocycles. The Hall–Kier alpha value is -1.87. The van der Waals surface area contributed by atoms with Crippen LogP contribution >= 0.6 is 0 Å². The first-order chi connectivity index (χ1) is 14.1. The molecule has 0 saturated heterocycles. The van der Waals surface area contributed by atoms with Gasteiger partial charge in [0.2, 0.25) is 5.43 Å². The van der Waals surface area contributed by atoms with Crippen molar-refractivity contribution in [1.82, 2.24) is 15.2 Å². The van der Waals surface area contributed by atoms with Crippen LogP contribution in [0.25, 0.3) is 10.9 Å². The van der Waals surface area contributed by atoms with E-state index in [-0.39, 0.29) is 35.1 Å². The van der Waals surface area contributed by atoms with Gasteiger partial charge in [-0.15, -0.1) is 0 Å². The van der Waals surface area contributed by atoms with Gasteiger partial charge in [-0.2, -0.15) is 0 Å². The maximum Gasteiger partial charge on any atom is 0.407 e. The molecule has 1 amide bonds. The van der Waals surface area contributed by atoms with E-state index in [4.69, 9.17) is 4.74 Å². The van der Waals surface area contributed by atoms with Gasteiger partial charge in [-0.05, 0) is 64.8 Å². The summed E-state index contributed by atoms with van der Waals surface area (Å²) in [6.45, 7) is 9.79. The molecular formula is C22H31N3NaO5. The molecule has 0 saturated carbocycles. The third kappa shape index (κ3) is 8.29. The minimum Gasteiger partial charge on any atom is -0.477 e. The average Bonchev–Trinajstić information content (AvgIpc) is 2.66. The van der Waals surface area contributed by atoms with Gasteiger partial charge in [-0.25, -0.2) is 9.59 Å². The molecule has 1 aromatic carbocycles. The van der Waals surface area contributed by atoms with Crippen LogP contribution in [0.4, 0.5) is 4.79 Å². The van der Waals surface area contributed by atoms with Crippen LogP contribution in [0.15, 0.2) is 29.2 Å². The molecule has 0 aliphatic rings. The second-order valence-electron chi connectivity index (χ2n) is 8.10. The Morgan fingerprint density at radius 1 is 1.16 bits per heavy atom. The number of aromatic nitrogens is 1. The van der Waals surface area contributed by atoms with E-state index in [1.807, 2.05) is 39.8 Å². The van der Waals surface area contributed by atoms with Crippen LogP contribution in [0.3, 0.4) is 0 Å². The number of fused-ring (bicyclic) bond motifs is 1. The number of hydrogen-bond acceptors (Lipinski definition) is 5. The summed E-state index contributed by atoms with van der Waals surface area (Å²) < 4.78 is 6.95. The molecular weight excluding hydrogens is 409 g/mol. The molecule has 165 valence electrons. The number of alkyl carbamates (subject to hydrolysis) is 1. The summed E-state index contributed by atoms with van der Waals surface area (Å²) in [6, 6.07) is 5.64. The Kier molecular flexibility index (Phi) is 10.7. The van der Waals surface area contributed by atoms with Crippen molar-refractivity contribution < 1.29 is 19.4 Å². The van der Waals surface area contributed by atoms with Crippen LogP contribution in [-0.2, 0) is 17.7 Å². The summed E-state index contributed by atoms with van der Waals surface area (Å²) in [4.78, 5) is 35.5. The number of benzene rings is 1. The molecule has 31 heavy (non-hydrogen) atoms. The van der Waals surface area contributed by atoms with Gasteiger partial charge in [-0.1, -0.05) is 6.07 Å². The van der Waals surface area contributed by atoms with E-state index in [9.17, 15) is 19.5 Å². The van der Waals surface area contributed by atoms with Crippen molar-refractivity contribution in [3.05, 3.63) is 45.7 Å². The van der Waals surface area contributed by atoms with Gasteiger partial charge in [0.15, 0.2) is 0 Å². The largest absolute Gasteiger partial charge is 0.477 e. The zero-order chi connectivity index (χ0) is 22.3. The number of pyridine rings is 1. The molecule has 1 heterocycles. The van der Waals surface area contributed by atoms with Crippen molar-refractivity contribution in [3.63, 3.8) is 0 Å². The molecule has 0 aliphatic carbocycles. The molecule has 0 atom stereocenters. The number of aromatic carboxylic acids is 1. The maximum absolute atomic E-state index is 12.5. The normalized spacial score (nSPS) is 11.1. The number of carboxylic acid groups (broad SMARTS) is 1. The Labute approximate surface area is 204 Å². The average molecular weight is 440 g/mol. The van der Waals surface area contributed by atoms with Crippen molar-refractivity contribution >= 4 is 52.5 Å². The van der Waals surface area contributed by atoms with Crippen molar-refractivity contribution in [2.75, 3.05) is 19.6 Å². The number of amides is 1. The summed E-state index contributed by atoms with van der Waals surface area (Å²) in [6.07, 6.45) is 2.57. The Bertz CT molecular complexity index is 966. The zero-order valence-electron chi connectivity index (χ0n) is 19.1. The number of carboxylic acids is 1. The fraction of sp³-hybridized carbons (Fsp3) is 0.500. The molecule has 8 nitrogen and oxygen atoms in total. The van der Waals surface area contributed by atoms with Gasteiger partial charge in [0.1, 0.15) is 11.2 Å². The first-order valence-corrected chi connectivity index (χ1v) is 10.2. The van der Waals surface area contributed by atoms with Crippen LogP contribution < -0.4 is 16.1 Å². The predicted molar refractivity (Wildman–Crippen MR) is 122 cm³/mol. The molecule has 9 heteroatoms. The number of hydrogen-bond donors (Lipinski definition) is 3. The fourth-order valence-corrected chi connectivity index (χ4v) is 3.12. The third-order valence-electron chi connectivity index (χ3n) is 4.50. The summed E-state index contributed by atoms with van der Waals surface area (Å²) in [5.41, 5.74) is 0.556. The van der Waals surface area contributed by atoms with Gasteiger partial charge in [0.05, 0.1) is 5.52 Å². The van der Waals surface area contributed by atoms with Crippen LogP contribution in [0.5, 0.6) is 0 Å². The third-order valence-corrected chi connectivity index (χ3v) is 4.50. The van der Waals surface area contributed by atoms with Crippen LogP contribution in [-0.4, -0.2) is 76.5 Å². The number of ether oxygens (including phenoxy) is 1. The van der Waals surface area contributed by atoms with Gasteiger partial charge in [-0.3, -0.25) is 4.79 Å². The SMILES string of the molecule is CCn1cc(C(=O)O)c(=O)c2cc(CCCNCCNC(=O)OC(C)(C)C)ccc21.[Na]. The van der Waals surface area contributed by atoms with E-state index in [0.29, 0.717) is 25.0 Å². The smallest absolute Gasteiger partial charge is 0.407 e. The minimum absolute atomic E-state index is 0. The molecule has 0 unspecified atom stereocenters. The maximum atomic E-state index is 12.5. The molecule has 0 aliphatic heterocycles. The predicted octanol–water partition coefficient (Wildman–Crippen LogP) is 2.39. The van der Waals surface area contributed by atoms with Gasteiger partial charge in [0, 0.05) is 60.8 Å². The summed E-state index contributed by atoms with van der Waals surface area (Å²) in [5.74, 6) is -1.21. The zero-order valence-corrected chi connectivity index (χ0v) is 21.1. The van der Waals surface area contributed by atoms with Crippen molar-refractivity contribution in [2.45, 2.75) is 52.7 Å². The Morgan fingerprint density at radius 3 is 2.48 bits per heavy atom. The molecule has 3 N–H and O–H groups in total. The van der Waals surface area contributed by atoms with Gasteiger partial charge in [0.25, 0.3) is 0 Å². The quantitative estimate of drug-likeness (QED) is 0.408. The summed E-state index contributed by atoms with van der Waals surface area (Å²) >= 11 is 0. The van der Waals surface area contributed by atoms with Crippen LogP contribution in [0.1, 0.15) is 50.0 Å². The Morgan fingerprint density at radius 2 is 1.87 bits per heavy atom. The van der Waals surface area contributed by atoms with Crippen molar-refractivity contribution in [1.29, 1.82) is 0 Å². The number of aryl methyl sites for hydroxylation is 2. The number of rotatable bonds is 9. The monoisotopic (exact) mass is 440 g/mol. The van der Waals surface area contributed by atoms with E-state index in [1.165, 1.54) is 6.20 Å². The number of nitrogens with zero attached hydrogens (tertiary/aromatic N) is 1. The molecule has 0 fully saturated rings. The first kappa shape index (κ1) is 27.2. The van der Waals surface area contributed by atoms with Gasteiger partial charge >= 0.3 is 12.1 Å². The Balaban J connectivity index is 0.00000480. The second-order valence-corrected chi connectivity index (χ2v) is 8.10. The van der Waals surface area contributed by atoms with E-state index < -0.39 is 23.1 Å². The van der Waals surface area contributed by atoms with E-state index in [0.717, 1.165) is 30.5 Å².